The third-order valence-corrected chi connectivity index (χ3v) is 1.39. The zero-order valence-corrected chi connectivity index (χ0v) is 8.13. The van der Waals surface area contributed by atoms with Crippen LogP contribution >= 0.6 is 12.4 Å². The van der Waals surface area contributed by atoms with Gasteiger partial charge in [0.1, 0.15) is 6.04 Å². The number of rotatable bonds is 6. The summed E-state index contributed by atoms with van der Waals surface area (Å²) in [4.78, 5) is 20.3. The lowest BCUT2D eigenvalue weighted by Gasteiger charge is -2.06. The maximum atomic E-state index is 10.2. The molecule has 0 aromatic carbocycles. The summed E-state index contributed by atoms with van der Waals surface area (Å²) in [5.41, 5.74) is 0. The van der Waals surface area contributed by atoms with Gasteiger partial charge in [-0.3, -0.25) is 9.59 Å². The summed E-state index contributed by atoms with van der Waals surface area (Å²) in [5, 5.41) is 19.3. The highest BCUT2D eigenvalue weighted by molar-refractivity contribution is 5.85. The molecule has 0 aliphatic heterocycles. The number of carboxylic acid groups (broad SMARTS) is 2. The molecule has 0 aliphatic carbocycles. The van der Waals surface area contributed by atoms with Gasteiger partial charge in [0.15, 0.2) is 0 Å². The van der Waals surface area contributed by atoms with E-state index in [2.05, 4.69) is 5.32 Å². The summed E-state index contributed by atoms with van der Waals surface area (Å²) in [7, 11) is 0. The maximum absolute atomic E-state index is 10.2. The fraction of sp³-hybridized carbons (Fsp3) is 0.714. The van der Waals surface area contributed by atoms with Gasteiger partial charge >= 0.3 is 11.9 Å². The smallest absolute Gasteiger partial charge is 0.320 e. The first-order chi connectivity index (χ1) is 5.54. The molecule has 0 bridgehead atoms. The fourth-order valence-electron chi connectivity index (χ4n) is 0.645. The van der Waals surface area contributed by atoms with Crippen molar-refractivity contribution < 1.29 is 19.8 Å². The molecule has 5 nitrogen and oxygen atoms in total. The van der Waals surface area contributed by atoms with Crippen LogP contribution in [0, 0.1) is 0 Å². The van der Waals surface area contributed by atoms with Crippen LogP contribution in [0.1, 0.15) is 19.8 Å². The zero-order chi connectivity index (χ0) is 9.56. The Bertz CT molecular complexity index is 174. The topological polar surface area (TPSA) is 86.6 Å². The first-order valence-corrected chi connectivity index (χ1v) is 3.72. The minimum atomic E-state index is -0.926. The normalized spacial score (nSPS) is 11.5. The maximum Gasteiger partial charge on any atom is 0.320 e. The van der Waals surface area contributed by atoms with Crippen molar-refractivity contribution in [1.82, 2.24) is 5.32 Å². The number of hydrogen-bond acceptors (Lipinski definition) is 3. The molecule has 78 valence electrons. The average Bonchev–Trinajstić information content (AvgIpc) is 1.97. The molecule has 0 aromatic heterocycles. The molecule has 0 heterocycles. The van der Waals surface area contributed by atoms with Gasteiger partial charge in [0.25, 0.3) is 0 Å². The highest BCUT2D eigenvalue weighted by Crippen LogP contribution is 1.88. The predicted octanol–water partition coefficient (Wildman–Crippen LogP) is 0.336. The summed E-state index contributed by atoms with van der Waals surface area (Å²) in [6, 6.07) is -0.612. The van der Waals surface area contributed by atoms with E-state index in [1.54, 1.807) is 0 Å². The van der Waals surface area contributed by atoms with Crippen LogP contribution < -0.4 is 5.32 Å². The van der Waals surface area contributed by atoms with Crippen molar-refractivity contribution in [1.29, 1.82) is 0 Å². The van der Waals surface area contributed by atoms with Gasteiger partial charge < -0.3 is 15.5 Å². The van der Waals surface area contributed by atoms with E-state index in [4.69, 9.17) is 10.2 Å². The van der Waals surface area contributed by atoms with Gasteiger partial charge in [-0.25, -0.2) is 0 Å². The number of aliphatic carboxylic acids is 2. The Morgan fingerprint density at radius 1 is 1.38 bits per heavy atom. The van der Waals surface area contributed by atoms with Crippen molar-refractivity contribution in [2.75, 3.05) is 6.54 Å². The van der Waals surface area contributed by atoms with Crippen LogP contribution in [-0.2, 0) is 9.59 Å². The zero-order valence-electron chi connectivity index (χ0n) is 7.32. The summed E-state index contributed by atoms with van der Waals surface area (Å²) >= 11 is 0. The second-order valence-electron chi connectivity index (χ2n) is 2.51. The molecule has 0 saturated carbocycles. The molecule has 0 aliphatic rings. The fourth-order valence-corrected chi connectivity index (χ4v) is 0.645. The lowest BCUT2D eigenvalue weighted by atomic mass is 10.3. The van der Waals surface area contributed by atoms with Crippen LogP contribution in [0.3, 0.4) is 0 Å². The van der Waals surface area contributed by atoms with Crippen molar-refractivity contribution in [3.8, 4) is 0 Å². The molecule has 3 N–H and O–H groups in total. The minimum absolute atomic E-state index is 0. The Morgan fingerprint density at radius 3 is 2.31 bits per heavy atom. The van der Waals surface area contributed by atoms with E-state index in [1.165, 1.54) is 6.92 Å². The van der Waals surface area contributed by atoms with Crippen LogP contribution in [0.25, 0.3) is 0 Å². The van der Waals surface area contributed by atoms with Crippen molar-refractivity contribution >= 4 is 24.3 Å². The van der Waals surface area contributed by atoms with E-state index in [0.29, 0.717) is 13.0 Å². The number of carboxylic acids is 2. The van der Waals surface area contributed by atoms with Gasteiger partial charge in [-0.05, 0) is 19.9 Å². The van der Waals surface area contributed by atoms with E-state index in [9.17, 15) is 9.59 Å². The first-order valence-electron chi connectivity index (χ1n) is 3.72. The Labute approximate surface area is 82.5 Å². The second kappa shape index (κ2) is 7.82. The molecule has 13 heavy (non-hydrogen) atoms. The van der Waals surface area contributed by atoms with Crippen LogP contribution in [0.2, 0.25) is 0 Å². The predicted molar refractivity (Wildman–Crippen MR) is 49.2 cm³/mol. The van der Waals surface area contributed by atoms with Crippen molar-refractivity contribution in [2.45, 2.75) is 25.8 Å². The summed E-state index contributed by atoms with van der Waals surface area (Å²) in [6.45, 7) is 1.93. The monoisotopic (exact) mass is 211 g/mol. The average molecular weight is 212 g/mol. The van der Waals surface area contributed by atoms with Gasteiger partial charge in [0.05, 0.1) is 0 Å². The molecular weight excluding hydrogens is 198 g/mol. The van der Waals surface area contributed by atoms with E-state index >= 15 is 0 Å². The minimum Gasteiger partial charge on any atom is -0.481 e. The van der Waals surface area contributed by atoms with Gasteiger partial charge in [-0.2, -0.15) is 0 Å². The molecule has 0 amide bonds. The van der Waals surface area contributed by atoms with Crippen LogP contribution in [0.15, 0.2) is 0 Å². The molecule has 0 radical (unpaired) electrons. The molecule has 0 spiro atoms. The molecule has 0 rings (SSSR count). The number of carbonyl (C=O) groups is 2. The van der Waals surface area contributed by atoms with E-state index in [-0.39, 0.29) is 18.8 Å². The second-order valence-corrected chi connectivity index (χ2v) is 2.51. The SMILES string of the molecule is CC(NCCCC(=O)O)C(=O)O.Cl. The third kappa shape index (κ3) is 9.10. The third-order valence-electron chi connectivity index (χ3n) is 1.39. The van der Waals surface area contributed by atoms with Crippen LogP contribution in [-0.4, -0.2) is 34.7 Å². The largest absolute Gasteiger partial charge is 0.481 e. The molecular formula is C7H14ClNO4. The molecule has 0 fully saturated rings. The number of nitrogens with one attached hydrogen (secondary N) is 1. The Kier molecular flexibility index (Phi) is 8.84. The number of halogens is 1. The Morgan fingerprint density at radius 2 is 1.92 bits per heavy atom. The van der Waals surface area contributed by atoms with Gasteiger partial charge in [0, 0.05) is 6.42 Å². The van der Waals surface area contributed by atoms with E-state index in [1.807, 2.05) is 0 Å². The Balaban J connectivity index is 0. The highest BCUT2D eigenvalue weighted by Gasteiger charge is 2.08. The molecule has 0 aromatic rings. The standard InChI is InChI=1S/C7H13NO4.ClH/c1-5(7(11)12)8-4-2-3-6(9)10;/h5,8H,2-4H2,1H3,(H,9,10)(H,11,12);1H. The highest BCUT2D eigenvalue weighted by atomic mass is 35.5. The van der Waals surface area contributed by atoms with Crippen LogP contribution in [0.5, 0.6) is 0 Å². The molecule has 0 saturated heterocycles. The lowest BCUT2D eigenvalue weighted by molar-refractivity contribution is -0.139. The van der Waals surface area contributed by atoms with Crippen molar-refractivity contribution in [2.24, 2.45) is 0 Å². The van der Waals surface area contributed by atoms with Crippen molar-refractivity contribution in [3.63, 3.8) is 0 Å². The summed E-state index contributed by atoms with van der Waals surface area (Å²) < 4.78 is 0. The van der Waals surface area contributed by atoms with Gasteiger partial charge in [0.2, 0.25) is 0 Å². The quantitative estimate of drug-likeness (QED) is 0.552. The van der Waals surface area contributed by atoms with E-state index < -0.39 is 18.0 Å². The lowest BCUT2D eigenvalue weighted by Crippen LogP contribution is -2.34. The molecule has 1 atom stereocenters. The van der Waals surface area contributed by atoms with Gasteiger partial charge in [-0.1, -0.05) is 0 Å². The number of hydrogen-bond donors (Lipinski definition) is 3. The summed E-state index contributed by atoms with van der Waals surface area (Å²) in [6.07, 6.45) is 0.520. The summed E-state index contributed by atoms with van der Waals surface area (Å²) in [5.74, 6) is -1.79. The molecule has 6 heteroatoms. The van der Waals surface area contributed by atoms with Gasteiger partial charge in [-0.15, -0.1) is 12.4 Å². The van der Waals surface area contributed by atoms with Crippen LogP contribution in [0.4, 0.5) is 0 Å². The first kappa shape index (κ1) is 14.7. The molecule has 1 unspecified atom stereocenters. The van der Waals surface area contributed by atoms with Crippen molar-refractivity contribution in [3.05, 3.63) is 0 Å². The Hall–Kier alpha value is -0.810. The van der Waals surface area contributed by atoms with E-state index in [0.717, 1.165) is 0 Å².